The maximum Gasteiger partial charge on any atom is 0.333 e. The largest absolute Gasteiger partial charge is 0.376 e. The van der Waals surface area contributed by atoms with E-state index in [0.29, 0.717) is 0 Å². The highest BCUT2D eigenvalue weighted by Crippen LogP contribution is 2.57. The van der Waals surface area contributed by atoms with Gasteiger partial charge < -0.3 is 9.71 Å². The lowest BCUT2D eigenvalue weighted by molar-refractivity contribution is 0.590. The van der Waals surface area contributed by atoms with Gasteiger partial charge in [-0.05, 0) is 110 Å². The predicted octanol–water partition coefficient (Wildman–Crippen LogP) is 13.3. The molecule has 1 aliphatic carbocycles. The van der Waals surface area contributed by atoms with E-state index in [-0.39, 0.29) is 23.1 Å². The molecule has 0 N–H and O–H groups in total. The van der Waals surface area contributed by atoms with Gasteiger partial charge in [0.1, 0.15) is 0 Å². The van der Waals surface area contributed by atoms with E-state index < -0.39 is 0 Å². The summed E-state index contributed by atoms with van der Waals surface area (Å²) in [5.41, 5.74) is 23.2. The Balaban J connectivity index is 1.35. The molecule has 0 amide bonds. The smallest absolute Gasteiger partial charge is 0.333 e. The van der Waals surface area contributed by atoms with Crippen molar-refractivity contribution in [3.05, 3.63) is 173 Å². The summed E-state index contributed by atoms with van der Waals surface area (Å²) < 4.78 is 0. The van der Waals surface area contributed by atoms with Gasteiger partial charge in [0.05, 0.1) is 11.4 Å². The zero-order chi connectivity index (χ0) is 39.6. The van der Waals surface area contributed by atoms with Gasteiger partial charge in [0.2, 0.25) is 0 Å². The van der Waals surface area contributed by atoms with E-state index >= 15 is 0 Å². The Kier molecular flexibility index (Phi) is 7.72. The van der Waals surface area contributed by atoms with Gasteiger partial charge in [-0.2, -0.15) is 0 Å². The average Bonchev–Trinajstić information content (AvgIpc) is 3.43. The van der Waals surface area contributed by atoms with E-state index in [1.54, 1.807) is 0 Å². The molecule has 0 saturated heterocycles. The van der Waals surface area contributed by atoms with Crippen molar-refractivity contribution < 1.29 is 0 Å². The molecule has 2 nitrogen and oxygen atoms in total. The molecular formula is C54H51BN2. The van der Waals surface area contributed by atoms with Crippen molar-refractivity contribution in [3.63, 3.8) is 0 Å². The van der Waals surface area contributed by atoms with Gasteiger partial charge in [-0.15, -0.1) is 0 Å². The van der Waals surface area contributed by atoms with Crippen molar-refractivity contribution in [1.29, 1.82) is 0 Å². The summed E-state index contributed by atoms with van der Waals surface area (Å²) in [5.74, 6) is 0. The maximum atomic E-state index is 2.66. The minimum absolute atomic E-state index is 0.00752. The standard InChI is InChI=1S/C54H51BN2/c1-34-31-42-39-19-14-16-22-47(39)57(38-26-23-36(24-27-38)52(2,3)4)55-45-29-28-44-49(40-20-13-15-21-43(40)54(44,8)9)51(45)56(48(32-34)50(42)55)46-30-25-37(53(5,6)7)33-41(46)35-17-11-10-12-18-35/h10-33H,1-9H3. The van der Waals surface area contributed by atoms with Crippen LogP contribution in [0.1, 0.15) is 83.2 Å². The molecule has 3 aliphatic rings. The zero-order valence-electron chi connectivity index (χ0n) is 34.8. The Bertz CT molecular complexity index is 2740. The van der Waals surface area contributed by atoms with Gasteiger partial charge in [0, 0.05) is 39.2 Å². The number of rotatable bonds is 3. The monoisotopic (exact) mass is 738 g/mol. The average molecular weight is 739 g/mol. The Labute approximate surface area is 340 Å². The van der Waals surface area contributed by atoms with Crippen LogP contribution >= 0.6 is 0 Å². The third-order valence-corrected chi connectivity index (χ3v) is 13.0. The fourth-order valence-electron chi connectivity index (χ4n) is 10.0. The van der Waals surface area contributed by atoms with Crippen LogP contribution in [0, 0.1) is 6.92 Å². The molecule has 0 aromatic heterocycles. The van der Waals surface area contributed by atoms with Crippen LogP contribution in [0.15, 0.2) is 146 Å². The second kappa shape index (κ2) is 12.4. The van der Waals surface area contributed by atoms with E-state index in [1.165, 1.54) is 101 Å². The second-order valence-corrected chi connectivity index (χ2v) is 19.1. The van der Waals surface area contributed by atoms with Crippen molar-refractivity contribution in [2.24, 2.45) is 0 Å². The molecule has 2 heterocycles. The molecule has 7 aromatic rings. The SMILES string of the molecule is Cc1cc2c3c(c1)N(c1ccc(C(C)(C)C)cc1-c1ccccc1)c1c(ccc4c1-c1ccccc1C4(C)C)B3N(c1ccc(C(C)(C)C)cc1)c1ccccc1-2. The quantitative estimate of drug-likeness (QED) is 0.167. The van der Waals surface area contributed by atoms with E-state index in [2.05, 4.69) is 218 Å². The minimum Gasteiger partial charge on any atom is -0.376 e. The summed E-state index contributed by atoms with van der Waals surface area (Å²) in [4.78, 5) is 5.30. The molecule has 0 atom stereocenters. The van der Waals surface area contributed by atoms with E-state index in [4.69, 9.17) is 0 Å². The zero-order valence-corrected chi connectivity index (χ0v) is 34.8. The van der Waals surface area contributed by atoms with Crippen LogP contribution in [0.25, 0.3) is 33.4 Å². The number of nitrogens with zero attached hydrogens (tertiary/aromatic N) is 2. The number of hydrogen-bond acceptors (Lipinski definition) is 2. The lowest BCUT2D eigenvalue weighted by Crippen LogP contribution is -2.61. The van der Waals surface area contributed by atoms with Crippen molar-refractivity contribution in [2.45, 2.75) is 78.6 Å². The number of fused-ring (bicyclic) bond motifs is 8. The molecule has 0 spiro atoms. The fraction of sp³-hybridized carbons (Fsp3) is 0.222. The molecule has 0 bridgehead atoms. The molecule has 0 saturated carbocycles. The number of benzene rings is 7. The van der Waals surface area contributed by atoms with Gasteiger partial charge in [0.25, 0.3) is 0 Å². The van der Waals surface area contributed by atoms with E-state index in [9.17, 15) is 0 Å². The van der Waals surface area contributed by atoms with Crippen molar-refractivity contribution in [1.82, 2.24) is 0 Å². The first kappa shape index (κ1) is 35.6. The first-order valence-corrected chi connectivity index (χ1v) is 20.6. The highest BCUT2D eigenvalue weighted by atomic mass is 15.2. The third kappa shape index (κ3) is 5.31. The summed E-state index contributed by atoms with van der Waals surface area (Å²) >= 11 is 0. The topological polar surface area (TPSA) is 6.48 Å². The Morgan fingerprint density at radius 2 is 1.16 bits per heavy atom. The summed E-state index contributed by atoms with van der Waals surface area (Å²) in [7, 11) is 0. The maximum absolute atomic E-state index is 2.66. The molecule has 280 valence electrons. The van der Waals surface area contributed by atoms with Crippen molar-refractivity contribution in [2.75, 3.05) is 9.71 Å². The summed E-state index contributed by atoms with van der Waals surface area (Å²) in [6, 6.07) is 55.7. The van der Waals surface area contributed by atoms with E-state index in [1.807, 2.05) is 0 Å². The number of para-hydroxylation sites is 1. The Hall–Kier alpha value is -5.80. The first-order valence-electron chi connectivity index (χ1n) is 20.6. The van der Waals surface area contributed by atoms with Crippen LogP contribution in [0.4, 0.5) is 28.4 Å². The summed E-state index contributed by atoms with van der Waals surface area (Å²) in [6.45, 7) is 20.9. The third-order valence-electron chi connectivity index (χ3n) is 13.0. The van der Waals surface area contributed by atoms with Gasteiger partial charge in [-0.3, -0.25) is 0 Å². The van der Waals surface area contributed by atoms with Crippen LogP contribution in [0.3, 0.4) is 0 Å². The molecule has 0 radical (unpaired) electrons. The van der Waals surface area contributed by atoms with Gasteiger partial charge >= 0.3 is 6.85 Å². The first-order chi connectivity index (χ1) is 27.2. The van der Waals surface area contributed by atoms with Gasteiger partial charge in [-0.25, -0.2) is 0 Å². The van der Waals surface area contributed by atoms with Crippen LogP contribution in [-0.2, 0) is 16.2 Å². The highest BCUT2D eigenvalue weighted by Gasteiger charge is 2.48. The lowest BCUT2D eigenvalue weighted by Gasteiger charge is -2.47. The predicted molar refractivity (Wildman–Crippen MR) is 245 cm³/mol. The van der Waals surface area contributed by atoms with Crippen LogP contribution < -0.4 is 20.6 Å². The molecule has 3 heteroatoms. The summed E-state index contributed by atoms with van der Waals surface area (Å²) in [5, 5.41) is 0. The molecule has 57 heavy (non-hydrogen) atoms. The second-order valence-electron chi connectivity index (χ2n) is 19.1. The van der Waals surface area contributed by atoms with Crippen LogP contribution in [0.5, 0.6) is 0 Å². The Morgan fingerprint density at radius 3 is 1.88 bits per heavy atom. The molecule has 0 fully saturated rings. The number of hydrogen-bond donors (Lipinski definition) is 0. The number of aryl methyl sites for hydroxylation is 1. The molecule has 0 unspecified atom stereocenters. The lowest BCUT2D eigenvalue weighted by atomic mass is 9.43. The highest BCUT2D eigenvalue weighted by molar-refractivity contribution is 6.93. The van der Waals surface area contributed by atoms with Crippen LogP contribution in [-0.4, -0.2) is 6.85 Å². The molecule has 2 aliphatic heterocycles. The van der Waals surface area contributed by atoms with Crippen molar-refractivity contribution >= 4 is 46.2 Å². The van der Waals surface area contributed by atoms with Gasteiger partial charge in [-0.1, -0.05) is 165 Å². The molecule has 7 aromatic carbocycles. The normalized spacial score (nSPS) is 14.8. The van der Waals surface area contributed by atoms with E-state index in [0.717, 1.165) is 0 Å². The summed E-state index contributed by atoms with van der Waals surface area (Å²) in [6.07, 6.45) is 0. The Morgan fingerprint density at radius 1 is 0.509 bits per heavy atom. The van der Waals surface area contributed by atoms with Gasteiger partial charge in [0.15, 0.2) is 0 Å². The van der Waals surface area contributed by atoms with Crippen molar-refractivity contribution in [3.8, 4) is 33.4 Å². The fourth-order valence-corrected chi connectivity index (χ4v) is 10.0. The number of anilines is 5. The van der Waals surface area contributed by atoms with Crippen LogP contribution in [0.2, 0.25) is 0 Å². The molecule has 10 rings (SSSR count). The molecular weight excluding hydrogens is 687 g/mol. The minimum atomic E-state index is -0.148.